The third kappa shape index (κ3) is 5.81. The molecule has 6 heteroatoms. The van der Waals surface area contributed by atoms with E-state index in [-0.39, 0.29) is 11.0 Å². The lowest BCUT2D eigenvalue weighted by atomic mass is 9.95. The maximum absolute atomic E-state index is 12.7. The van der Waals surface area contributed by atoms with Gasteiger partial charge in [0.25, 0.3) is 10.1 Å². The van der Waals surface area contributed by atoms with Gasteiger partial charge in [-0.1, -0.05) is 42.7 Å². The summed E-state index contributed by atoms with van der Waals surface area (Å²) in [6.07, 6.45) is 3.56. The van der Waals surface area contributed by atoms with Gasteiger partial charge in [0.05, 0.1) is 24.7 Å². The summed E-state index contributed by atoms with van der Waals surface area (Å²) in [4.78, 5) is 0.194. The van der Waals surface area contributed by atoms with Gasteiger partial charge >= 0.3 is 0 Å². The molecule has 0 spiro atoms. The van der Waals surface area contributed by atoms with E-state index < -0.39 is 16.2 Å². The van der Waals surface area contributed by atoms with Gasteiger partial charge in [0.1, 0.15) is 11.9 Å². The van der Waals surface area contributed by atoms with Crippen LogP contribution in [0.3, 0.4) is 0 Å². The number of hydrogen-bond donors (Lipinski definition) is 0. The summed E-state index contributed by atoms with van der Waals surface area (Å²) >= 11 is 0. The Morgan fingerprint density at radius 3 is 2.34 bits per heavy atom. The molecule has 1 aliphatic carbocycles. The van der Waals surface area contributed by atoms with Crippen molar-refractivity contribution in [3.8, 4) is 5.75 Å². The van der Waals surface area contributed by atoms with Crippen molar-refractivity contribution in [1.82, 2.24) is 0 Å². The van der Waals surface area contributed by atoms with Gasteiger partial charge in [-0.25, -0.2) is 0 Å². The number of ether oxygens (including phenoxy) is 2. The molecule has 0 unspecified atom stereocenters. The molecule has 0 N–H and O–H groups in total. The topological polar surface area (TPSA) is 61.8 Å². The largest absolute Gasteiger partial charge is 0.496 e. The highest BCUT2D eigenvalue weighted by Gasteiger charge is 2.31. The first-order valence-corrected chi connectivity index (χ1v) is 11.5. The molecule has 3 rings (SSSR count). The molecule has 0 aromatic heterocycles. The van der Waals surface area contributed by atoms with Crippen LogP contribution in [0.25, 0.3) is 0 Å². The van der Waals surface area contributed by atoms with E-state index >= 15 is 0 Å². The van der Waals surface area contributed by atoms with Crippen LogP contribution in [-0.4, -0.2) is 34.3 Å². The fraction of sp³-hybridized carbons (Fsp3) is 0.478. The molecule has 1 fully saturated rings. The molecule has 1 saturated carbocycles. The highest BCUT2D eigenvalue weighted by molar-refractivity contribution is 7.86. The van der Waals surface area contributed by atoms with E-state index in [1.807, 2.05) is 26.0 Å². The molecule has 1 aliphatic rings. The summed E-state index contributed by atoms with van der Waals surface area (Å²) in [7, 11) is -2.13. The summed E-state index contributed by atoms with van der Waals surface area (Å²) < 4.78 is 42.4. The zero-order valence-electron chi connectivity index (χ0n) is 17.4. The number of methoxy groups -OCH3 is 1. The van der Waals surface area contributed by atoms with Crippen molar-refractivity contribution >= 4 is 10.1 Å². The number of aryl methyl sites for hydroxylation is 2. The minimum atomic E-state index is -3.80. The SMILES string of the molecule is COc1cc(CCO[C@H]2CCCC[C@H]2OS(=O)(=O)c2ccc(C)cc2)ccc1C. The quantitative estimate of drug-likeness (QED) is 0.587. The Morgan fingerprint density at radius 2 is 1.66 bits per heavy atom. The molecule has 0 bridgehead atoms. The Balaban J connectivity index is 1.60. The van der Waals surface area contributed by atoms with Crippen molar-refractivity contribution in [3.05, 3.63) is 59.2 Å². The number of benzene rings is 2. The van der Waals surface area contributed by atoms with Crippen molar-refractivity contribution in [2.24, 2.45) is 0 Å². The fourth-order valence-electron chi connectivity index (χ4n) is 3.63. The zero-order valence-corrected chi connectivity index (χ0v) is 18.2. The lowest BCUT2D eigenvalue weighted by Crippen LogP contribution is -2.36. The van der Waals surface area contributed by atoms with Gasteiger partial charge in [-0.3, -0.25) is 4.18 Å². The Labute approximate surface area is 174 Å². The van der Waals surface area contributed by atoms with Crippen molar-refractivity contribution in [1.29, 1.82) is 0 Å². The van der Waals surface area contributed by atoms with Gasteiger partial charge in [0.2, 0.25) is 0 Å². The van der Waals surface area contributed by atoms with Crippen LogP contribution in [0.15, 0.2) is 47.4 Å². The third-order valence-corrected chi connectivity index (χ3v) is 6.75. The molecule has 0 heterocycles. The standard InChI is InChI=1S/C23H30O5S/c1-17-8-12-20(13-9-17)29(24,25)28-22-7-5-4-6-21(22)27-15-14-19-11-10-18(2)23(16-19)26-3/h8-13,16,21-22H,4-7,14-15H2,1-3H3/t21-,22+/m0/s1. The molecule has 29 heavy (non-hydrogen) atoms. The Morgan fingerprint density at radius 1 is 0.966 bits per heavy atom. The molecule has 0 saturated heterocycles. The van der Waals surface area contributed by atoms with Crippen LogP contribution >= 0.6 is 0 Å². The van der Waals surface area contributed by atoms with E-state index in [9.17, 15) is 8.42 Å². The van der Waals surface area contributed by atoms with Crippen LogP contribution in [0.1, 0.15) is 42.4 Å². The van der Waals surface area contributed by atoms with Crippen LogP contribution in [-0.2, 0) is 25.5 Å². The van der Waals surface area contributed by atoms with Crippen molar-refractivity contribution in [2.75, 3.05) is 13.7 Å². The van der Waals surface area contributed by atoms with Gasteiger partial charge < -0.3 is 9.47 Å². The summed E-state index contributed by atoms with van der Waals surface area (Å²) in [5.41, 5.74) is 3.24. The minimum absolute atomic E-state index is 0.194. The van der Waals surface area contributed by atoms with Crippen LogP contribution in [0.5, 0.6) is 5.75 Å². The first-order chi connectivity index (χ1) is 13.9. The number of rotatable bonds is 8. The molecule has 2 atom stereocenters. The van der Waals surface area contributed by atoms with E-state index in [4.69, 9.17) is 13.7 Å². The first kappa shape index (κ1) is 21.8. The molecule has 0 aliphatic heterocycles. The smallest absolute Gasteiger partial charge is 0.297 e. The van der Waals surface area contributed by atoms with Crippen molar-refractivity contribution in [3.63, 3.8) is 0 Å². The molecular weight excluding hydrogens is 388 g/mol. The van der Waals surface area contributed by atoms with Gasteiger partial charge in [0, 0.05) is 0 Å². The van der Waals surface area contributed by atoms with Crippen LogP contribution in [0.4, 0.5) is 0 Å². The monoisotopic (exact) mass is 418 g/mol. The normalized spacial score (nSPS) is 19.8. The van der Waals surface area contributed by atoms with Crippen molar-refractivity contribution in [2.45, 2.75) is 63.1 Å². The molecule has 0 radical (unpaired) electrons. The minimum Gasteiger partial charge on any atom is -0.496 e. The summed E-state index contributed by atoms with van der Waals surface area (Å²) in [6.45, 7) is 4.45. The first-order valence-electron chi connectivity index (χ1n) is 10.1. The maximum Gasteiger partial charge on any atom is 0.297 e. The van der Waals surface area contributed by atoms with Gasteiger partial charge in [0.15, 0.2) is 0 Å². The van der Waals surface area contributed by atoms with E-state index in [2.05, 4.69) is 6.07 Å². The lowest BCUT2D eigenvalue weighted by molar-refractivity contribution is -0.0440. The number of hydrogen-bond acceptors (Lipinski definition) is 5. The highest BCUT2D eigenvalue weighted by Crippen LogP contribution is 2.28. The summed E-state index contributed by atoms with van der Waals surface area (Å²) in [6, 6.07) is 12.9. The molecule has 158 valence electrons. The third-order valence-electron chi connectivity index (χ3n) is 5.40. The predicted molar refractivity (Wildman–Crippen MR) is 113 cm³/mol. The maximum atomic E-state index is 12.7. The average Bonchev–Trinajstić information content (AvgIpc) is 2.70. The zero-order chi connectivity index (χ0) is 20.9. The summed E-state index contributed by atoms with van der Waals surface area (Å²) in [5.74, 6) is 0.866. The fourth-order valence-corrected chi connectivity index (χ4v) is 4.76. The molecule has 2 aromatic carbocycles. The van der Waals surface area contributed by atoms with E-state index in [1.54, 1.807) is 31.4 Å². The molecular formula is C23H30O5S. The van der Waals surface area contributed by atoms with Gasteiger partial charge in [-0.15, -0.1) is 0 Å². The Kier molecular flexibility index (Phi) is 7.33. The lowest BCUT2D eigenvalue weighted by Gasteiger charge is -2.30. The van der Waals surface area contributed by atoms with E-state index in [0.717, 1.165) is 48.1 Å². The van der Waals surface area contributed by atoms with E-state index in [0.29, 0.717) is 13.0 Å². The Hall–Kier alpha value is -1.89. The molecule has 5 nitrogen and oxygen atoms in total. The predicted octanol–water partition coefficient (Wildman–Crippen LogP) is 4.59. The second kappa shape index (κ2) is 9.74. The summed E-state index contributed by atoms with van der Waals surface area (Å²) in [5, 5.41) is 0. The second-order valence-corrected chi connectivity index (χ2v) is 9.22. The average molecular weight is 419 g/mol. The van der Waals surface area contributed by atoms with Gasteiger partial charge in [-0.2, -0.15) is 8.42 Å². The van der Waals surface area contributed by atoms with Crippen LogP contribution < -0.4 is 4.74 Å². The molecule has 2 aromatic rings. The van der Waals surface area contributed by atoms with Crippen LogP contribution in [0, 0.1) is 13.8 Å². The second-order valence-electron chi connectivity index (χ2n) is 7.65. The Bertz CT molecular complexity index is 905. The van der Waals surface area contributed by atoms with Gasteiger partial charge in [-0.05, 0) is 62.4 Å². The van der Waals surface area contributed by atoms with Crippen LogP contribution in [0.2, 0.25) is 0 Å². The highest BCUT2D eigenvalue weighted by atomic mass is 32.2. The van der Waals surface area contributed by atoms with E-state index in [1.165, 1.54) is 0 Å². The molecule has 0 amide bonds. The van der Waals surface area contributed by atoms with Crippen molar-refractivity contribution < 1.29 is 22.1 Å².